The van der Waals surface area contributed by atoms with E-state index in [2.05, 4.69) is 15.3 Å². The minimum absolute atomic E-state index is 0.192. The molecule has 0 saturated heterocycles. The maximum Gasteiger partial charge on any atom is 0.322 e. The molecular formula is C13H13N3O3. The largest absolute Gasteiger partial charge is 0.496 e. The van der Waals surface area contributed by atoms with Crippen molar-refractivity contribution in [3.05, 3.63) is 36.5 Å². The molecule has 6 heteroatoms. The molecular weight excluding hydrogens is 246 g/mol. The van der Waals surface area contributed by atoms with Crippen LogP contribution in [0.2, 0.25) is 0 Å². The standard InChI is InChI=1S/C13H13N3O3/c1-19-10-5-3-2-4-9(10)13-14-7-6-11(16-13)15-8-12(17)18/h2-7H,8H2,1H3,(H,17,18)(H,14,15,16). The Labute approximate surface area is 110 Å². The van der Waals surface area contributed by atoms with Crippen molar-refractivity contribution in [3.63, 3.8) is 0 Å². The van der Waals surface area contributed by atoms with Gasteiger partial charge in [-0.25, -0.2) is 9.97 Å². The van der Waals surface area contributed by atoms with Gasteiger partial charge in [-0.1, -0.05) is 12.1 Å². The first-order valence-corrected chi connectivity index (χ1v) is 5.63. The first-order valence-electron chi connectivity index (χ1n) is 5.63. The molecule has 0 fully saturated rings. The summed E-state index contributed by atoms with van der Waals surface area (Å²) in [4.78, 5) is 18.9. The zero-order valence-electron chi connectivity index (χ0n) is 10.3. The second-order valence-electron chi connectivity index (χ2n) is 3.71. The summed E-state index contributed by atoms with van der Waals surface area (Å²) in [5.74, 6) is 0.654. The van der Waals surface area contributed by atoms with E-state index in [4.69, 9.17) is 9.84 Å². The number of carboxylic acids is 1. The van der Waals surface area contributed by atoms with Crippen LogP contribution in [0.15, 0.2) is 36.5 Å². The Hall–Kier alpha value is -2.63. The summed E-state index contributed by atoms with van der Waals surface area (Å²) in [6.07, 6.45) is 1.57. The van der Waals surface area contributed by atoms with Crippen LogP contribution in [0.3, 0.4) is 0 Å². The minimum Gasteiger partial charge on any atom is -0.496 e. The van der Waals surface area contributed by atoms with Gasteiger partial charge in [0.05, 0.1) is 12.7 Å². The number of nitrogens with one attached hydrogen (secondary N) is 1. The predicted molar refractivity (Wildman–Crippen MR) is 70.1 cm³/mol. The van der Waals surface area contributed by atoms with Crippen LogP contribution in [0, 0.1) is 0 Å². The lowest BCUT2D eigenvalue weighted by Crippen LogP contribution is -2.13. The summed E-state index contributed by atoms with van der Waals surface area (Å²) in [6, 6.07) is 8.99. The van der Waals surface area contributed by atoms with Gasteiger partial charge >= 0.3 is 5.97 Å². The zero-order chi connectivity index (χ0) is 13.7. The second kappa shape index (κ2) is 5.81. The molecule has 0 aliphatic carbocycles. The fraction of sp³-hybridized carbons (Fsp3) is 0.154. The van der Waals surface area contributed by atoms with E-state index < -0.39 is 5.97 Å². The van der Waals surface area contributed by atoms with Crippen molar-refractivity contribution in [1.29, 1.82) is 0 Å². The fourth-order valence-electron chi connectivity index (χ4n) is 1.58. The van der Waals surface area contributed by atoms with Crippen LogP contribution in [0.5, 0.6) is 5.75 Å². The van der Waals surface area contributed by atoms with Crippen LogP contribution in [-0.2, 0) is 4.79 Å². The smallest absolute Gasteiger partial charge is 0.322 e. The van der Waals surface area contributed by atoms with Crippen LogP contribution in [-0.4, -0.2) is 34.7 Å². The molecule has 1 aromatic heterocycles. The average Bonchev–Trinajstić information content (AvgIpc) is 2.45. The van der Waals surface area contributed by atoms with Gasteiger partial charge < -0.3 is 15.2 Å². The molecule has 0 radical (unpaired) electrons. The van der Waals surface area contributed by atoms with Gasteiger partial charge in [-0.15, -0.1) is 0 Å². The van der Waals surface area contributed by atoms with Gasteiger partial charge in [-0.05, 0) is 18.2 Å². The van der Waals surface area contributed by atoms with Crippen LogP contribution in [0.4, 0.5) is 5.82 Å². The Balaban J connectivity index is 2.29. The van der Waals surface area contributed by atoms with Gasteiger partial charge in [0.2, 0.25) is 0 Å². The van der Waals surface area contributed by atoms with Crippen LogP contribution in [0.1, 0.15) is 0 Å². The molecule has 98 valence electrons. The topological polar surface area (TPSA) is 84.3 Å². The highest BCUT2D eigenvalue weighted by Gasteiger charge is 2.08. The molecule has 0 spiro atoms. The lowest BCUT2D eigenvalue weighted by molar-refractivity contribution is -0.134. The van der Waals surface area contributed by atoms with Gasteiger partial charge in [0, 0.05) is 6.20 Å². The predicted octanol–water partition coefficient (Wildman–Crippen LogP) is 1.65. The number of nitrogens with zero attached hydrogens (tertiary/aromatic N) is 2. The maximum absolute atomic E-state index is 10.5. The molecule has 6 nitrogen and oxygen atoms in total. The first kappa shape index (κ1) is 12.8. The number of hydrogen-bond donors (Lipinski definition) is 2. The third-order valence-corrected chi connectivity index (χ3v) is 2.42. The third-order valence-electron chi connectivity index (χ3n) is 2.42. The molecule has 0 bridgehead atoms. The van der Waals surface area contributed by atoms with Gasteiger partial charge in [0.25, 0.3) is 0 Å². The molecule has 1 aromatic carbocycles. The molecule has 0 aliphatic rings. The molecule has 19 heavy (non-hydrogen) atoms. The summed E-state index contributed by atoms with van der Waals surface area (Å²) in [5, 5.41) is 11.3. The summed E-state index contributed by atoms with van der Waals surface area (Å²) in [6.45, 7) is -0.192. The Morgan fingerprint density at radius 3 is 2.89 bits per heavy atom. The Kier molecular flexibility index (Phi) is 3.92. The number of methoxy groups -OCH3 is 1. The molecule has 2 rings (SSSR count). The number of para-hydroxylation sites is 1. The number of rotatable bonds is 5. The van der Waals surface area contributed by atoms with Crippen molar-refractivity contribution in [1.82, 2.24) is 9.97 Å². The SMILES string of the molecule is COc1ccccc1-c1nccc(NCC(=O)O)n1. The second-order valence-corrected chi connectivity index (χ2v) is 3.71. The van der Waals surface area contributed by atoms with E-state index in [0.717, 1.165) is 5.56 Å². The van der Waals surface area contributed by atoms with Crippen LogP contribution in [0.25, 0.3) is 11.4 Å². The van der Waals surface area contributed by atoms with Crippen molar-refractivity contribution < 1.29 is 14.6 Å². The zero-order valence-corrected chi connectivity index (χ0v) is 10.3. The Morgan fingerprint density at radius 2 is 2.16 bits per heavy atom. The maximum atomic E-state index is 10.5. The molecule has 0 atom stereocenters. The van der Waals surface area contributed by atoms with Crippen molar-refractivity contribution in [2.45, 2.75) is 0 Å². The first-order chi connectivity index (χ1) is 9.20. The molecule has 2 aromatic rings. The van der Waals surface area contributed by atoms with E-state index in [9.17, 15) is 4.79 Å². The van der Waals surface area contributed by atoms with E-state index in [0.29, 0.717) is 17.4 Å². The highest BCUT2D eigenvalue weighted by molar-refractivity contribution is 5.72. The van der Waals surface area contributed by atoms with Gasteiger partial charge in [0.15, 0.2) is 5.82 Å². The van der Waals surface area contributed by atoms with Crippen molar-refractivity contribution >= 4 is 11.8 Å². The van der Waals surface area contributed by atoms with Crippen LogP contribution < -0.4 is 10.1 Å². The lowest BCUT2D eigenvalue weighted by Gasteiger charge is -2.08. The summed E-state index contributed by atoms with van der Waals surface area (Å²) in [7, 11) is 1.57. The molecule has 0 saturated carbocycles. The van der Waals surface area contributed by atoms with E-state index in [-0.39, 0.29) is 6.54 Å². The fourth-order valence-corrected chi connectivity index (χ4v) is 1.58. The lowest BCUT2D eigenvalue weighted by atomic mass is 10.2. The number of ether oxygens (including phenoxy) is 1. The van der Waals surface area contributed by atoms with E-state index in [1.165, 1.54) is 0 Å². The van der Waals surface area contributed by atoms with Gasteiger partial charge in [-0.2, -0.15) is 0 Å². The summed E-state index contributed by atoms with van der Waals surface area (Å²) >= 11 is 0. The van der Waals surface area contributed by atoms with Crippen molar-refractivity contribution in [3.8, 4) is 17.1 Å². The Morgan fingerprint density at radius 1 is 1.37 bits per heavy atom. The quantitative estimate of drug-likeness (QED) is 0.849. The number of anilines is 1. The number of carboxylic acid groups (broad SMARTS) is 1. The van der Waals surface area contributed by atoms with Gasteiger partial charge in [-0.3, -0.25) is 4.79 Å². The number of benzene rings is 1. The number of aromatic nitrogens is 2. The molecule has 0 aliphatic heterocycles. The molecule has 1 heterocycles. The van der Waals surface area contributed by atoms with Gasteiger partial charge in [0.1, 0.15) is 18.1 Å². The number of hydrogen-bond acceptors (Lipinski definition) is 5. The third kappa shape index (κ3) is 3.19. The summed E-state index contributed by atoms with van der Waals surface area (Å²) < 4.78 is 5.24. The molecule has 0 amide bonds. The minimum atomic E-state index is -0.947. The monoisotopic (exact) mass is 259 g/mol. The normalized spacial score (nSPS) is 9.95. The Bertz CT molecular complexity index is 587. The molecule has 2 N–H and O–H groups in total. The highest BCUT2D eigenvalue weighted by atomic mass is 16.5. The van der Waals surface area contributed by atoms with Crippen molar-refractivity contribution in [2.75, 3.05) is 19.0 Å². The molecule has 0 unspecified atom stereocenters. The number of aliphatic carboxylic acids is 1. The van der Waals surface area contributed by atoms with Crippen LogP contribution >= 0.6 is 0 Å². The number of carbonyl (C=O) groups is 1. The average molecular weight is 259 g/mol. The van der Waals surface area contributed by atoms with E-state index in [1.54, 1.807) is 19.4 Å². The summed E-state index contributed by atoms with van der Waals surface area (Å²) in [5.41, 5.74) is 0.754. The van der Waals surface area contributed by atoms with Crippen molar-refractivity contribution in [2.24, 2.45) is 0 Å². The highest BCUT2D eigenvalue weighted by Crippen LogP contribution is 2.26. The van der Waals surface area contributed by atoms with E-state index in [1.807, 2.05) is 24.3 Å². The van der Waals surface area contributed by atoms with E-state index >= 15 is 0 Å².